The molecule has 0 amide bonds. The Bertz CT molecular complexity index is 1240. The largest absolute Gasteiger partial charge is 0.455 e. The fourth-order valence-corrected chi connectivity index (χ4v) is 3.89. The molecule has 1 aromatic heterocycles. The second-order valence-electron chi connectivity index (χ2n) is 6.71. The Labute approximate surface area is 146 Å². The molecule has 0 unspecified atom stereocenters. The van der Waals surface area contributed by atoms with E-state index in [1.807, 2.05) is 6.07 Å². The quantitative estimate of drug-likeness (QED) is 0.323. The average Bonchev–Trinajstić information content (AvgIpc) is 3.03. The van der Waals surface area contributed by atoms with E-state index in [4.69, 9.17) is 4.42 Å². The number of rotatable bonds is 1. The molecule has 0 atom stereocenters. The molecule has 25 heavy (non-hydrogen) atoms. The van der Waals surface area contributed by atoms with Gasteiger partial charge in [-0.3, -0.25) is 0 Å². The van der Waals surface area contributed by atoms with Gasteiger partial charge < -0.3 is 4.42 Å². The molecule has 4 aromatic carbocycles. The van der Waals surface area contributed by atoms with Crippen LogP contribution in [0.5, 0.6) is 0 Å². The third-order valence-corrected chi connectivity index (χ3v) is 5.14. The zero-order valence-electron chi connectivity index (χ0n) is 14.3. The number of para-hydroxylation sites is 1. The maximum Gasteiger partial charge on any atom is 0.144 e. The lowest BCUT2D eigenvalue weighted by Crippen LogP contribution is -1.87. The normalized spacial score (nSPS) is 11.6. The molecule has 0 N–H and O–H groups in total. The summed E-state index contributed by atoms with van der Waals surface area (Å²) in [5.41, 5.74) is 6.87. The highest BCUT2D eigenvalue weighted by molar-refractivity contribution is 6.20. The Morgan fingerprint density at radius 1 is 0.640 bits per heavy atom. The Kier molecular flexibility index (Phi) is 2.98. The lowest BCUT2D eigenvalue weighted by atomic mass is 9.91. The van der Waals surface area contributed by atoms with Gasteiger partial charge in [-0.2, -0.15) is 0 Å². The molecule has 1 heterocycles. The van der Waals surface area contributed by atoms with E-state index in [1.165, 1.54) is 43.8 Å². The summed E-state index contributed by atoms with van der Waals surface area (Å²) in [4.78, 5) is 0. The molecule has 0 bridgehead atoms. The smallest absolute Gasteiger partial charge is 0.144 e. The number of hydrogen-bond donors (Lipinski definition) is 0. The highest BCUT2D eigenvalue weighted by atomic mass is 16.3. The van der Waals surface area contributed by atoms with E-state index < -0.39 is 0 Å². The summed E-state index contributed by atoms with van der Waals surface area (Å²) in [6, 6.07) is 25.7. The van der Waals surface area contributed by atoms with Gasteiger partial charge in [0.05, 0.1) is 0 Å². The van der Waals surface area contributed by atoms with Gasteiger partial charge in [-0.1, -0.05) is 72.3 Å². The Morgan fingerprint density at radius 2 is 1.28 bits per heavy atom. The van der Waals surface area contributed by atoms with Crippen molar-refractivity contribution in [3.8, 4) is 11.1 Å². The maximum absolute atomic E-state index is 6.36. The monoisotopic (exact) mass is 322 g/mol. The molecule has 0 saturated heterocycles. The van der Waals surface area contributed by atoms with Crippen LogP contribution in [0.15, 0.2) is 77.2 Å². The number of aryl methyl sites for hydroxylation is 2. The highest BCUT2D eigenvalue weighted by Gasteiger charge is 2.18. The summed E-state index contributed by atoms with van der Waals surface area (Å²) < 4.78 is 6.36. The van der Waals surface area contributed by atoms with Crippen LogP contribution in [-0.2, 0) is 0 Å². The minimum Gasteiger partial charge on any atom is -0.455 e. The van der Waals surface area contributed by atoms with Crippen LogP contribution < -0.4 is 0 Å². The number of hydrogen-bond acceptors (Lipinski definition) is 1. The van der Waals surface area contributed by atoms with E-state index >= 15 is 0 Å². The number of benzene rings is 4. The molecular formula is C24H18O. The summed E-state index contributed by atoms with van der Waals surface area (Å²) in [7, 11) is 0. The third-order valence-electron chi connectivity index (χ3n) is 5.14. The minimum absolute atomic E-state index is 0.948. The molecule has 1 nitrogen and oxygen atoms in total. The SMILES string of the molecule is Cc1ccc(-c2c3ccccc3c(C)c3c2oc2ccccc23)cc1. The first-order valence-electron chi connectivity index (χ1n) is 8.63. The lowest BCUT2D eigenvalue weighted by Gasteiger charge is -2.12. The van der Waals surface area contributed by atoms with Crippen molar-refractivity contribution < 1.29 is 4.42 Å². The third kappa shape index (κ3) is 2.02. The molecule has 0 aliphatic carbocycles. The van der Waals surface area contributed by atoms with Crippen molar-refractivity contribution in [3.63, 3.8) is 0 Å². The maximum atomic E-state index is 6.36. The summed E-state index contributed by atoms with van der Waals surface area (Å²) in [6.07, 6.45) is 0. The van der Waals surface area contributed by atoms with Gasteiger partial charge in [-0.15, -0.1) is 0 Å². The van der Waals surface area contributed by atoms with Gasteiger partial charge in [0.25, 0.3) is 0 Å². The predicted molar refractivity (Wildman–Crippen MR) is 106 cm³/mol. The standard InChI is InChI=1S/C24H18O/c1-15-11-13-17(14-12-15)23-19-8-4-3-7-18(19)16(2)22-20-9-5-6-10-21(20)25-24(22)23/h3-14H,1-2H3. The molecule has 0 saturated carbocycles. The average molecular weight is 322 g/mol. The van der Waals surface area contributed by atoms with Crippen molar-refractivity contribution in [1.29, 1.82) is 0 Å². The summed E-state index contributed by atoms with van der Waals surface area (Å²) in [5, 5.41) is 4.95. The molecular weight excluding hydrogens is 304 g/mol. The second kappa shape index (κ2) is 5.22. The topological polar surface area (TPSA) is 13.1 Å². The van der Waals surface area contributed by atoms with E-state index in [0.29, 0.717) is 0 Å². The second-order valence-corrected chi connectivity index (χ2v) is 6.71. The van der Waals surface area contributed by atoms with E-state index in [2.05, 4.69) is 80.6 Å². The van der Waals surface area contributed by atoms with Crippen LogP contribution in [0.3, 0.4) is 0 Å². The van der Waals surface area contributed by atoms with Gasteiger partial charge in [0, 0.05) is 16.3 Å². The zero-order chi connectivity index (χ0) is 17.0. The van der Waals surface area contributed by atoms with E-state index in [1.54, 1.807) is 0 Å². The van der Waals surface area contributed by atoms with Crippen molar-refractivity contribution in [1.82, 2.24) is 0 Å². The van der Waals surface area contributed by atoms with Crippen LogP contribution in [0.1, 0.15) is 11.1 Å². The fourth-order valence-electron chi connectivity index (χ4n) is 3.89. The molecule has 0 aliphatic rings. The van der Waals surface area contributed by atoms with Crippen molar-refractivity contribution in [2.45, 2.75) is 13.8 Å². The van der Waals surface area contributed by atoms with Crippen molar-refractivity contribution in [3.05, 3.63) is 83.9 Å². The first-order chi connectivity index (χ1) is 12.2. The molecule has 0 radical (unpaired) electrons. The molecule has 0 spiro atoms. The van der Waals surface area contributed by atoms with Crippen LogP contribution in [0.25, 0.3) is 43.8 Å². The zero-order valence-corrected chi connectivity index (χ0v) is 14.3. The van der Waals surface area contributed by atoms with Crippen LogP contribution >= 0.6 is 0 Å². The number of furan rings is 1. The van der Waals surface area contributed by atoms with E-state index in [9.17, 15) is 0 Å². The summed E-state index contributed by atoms with van der Waals surface area (Å²) >= 11 is 0. The number of fused-ring (bicyclic) bond motifs is 4. The molecule has 0 aliphatic heterocycles. The summed E-state index contributed by atoms with van der Waals surface area (Å²) in [6.45, 7) is 4.32. The van der Waals surface area contributed by atoms with Gasteiger partial charge in [-0.25, -0.2) is 0 Å². The molecule has 1 heteroatoms. The van der Waals surface area contributed by atoms with Gasteiger partial charge in [-0.05, 0) is 41.8 Å². The van der Waals surface area contributed by atoms with Gasteiger partial charge in [0.15, 0.2) is 0 Å². The van der Waals surface area contributed by atoms with Gasteiger partial charge in [0.1, 0.15) is 11.2 Å². The minimum atomic E-state index is 0.948. The fraction of sp³-hybridized carbons (Fsp3) is 0.0833. The Balaban J connectivity index is 2.06. The van der Waals surface area contributed by atoms with Crippen LogP contribution in [0.4, 0.5) is 0 Å². The summed E-state index contributed by atoms with van der Waals surface area (Å²) in [5.74, 6) is 0. The first kappa shape index (κ1) is 14.3. The van der Waals surface area contributed by atoms with Crippen molar-refractivity contribution >= 4 is 32.7 Å². The van der Waals surface area contributed by atoms with Crippen LogP contribution in [0, 0.1) is 13.8 Å². The molecule has 120 valence electrons. The van der Waals surface area contributed by atoms with Crippen molar-refractivity contribution in [2.75, 3.05) is 0 Å². The van der Waals surface area contributed by atoms with Crippen molar-refractivity contribution in [2.24, 2.45) is 0 Å². The van der Waals surface area contributed by atoms with E-state index in [-0.39, 0.29) is 0 Å². The highest BCUT2D eigenvalue weighted by Crippen LogP contribution is 2.43. The van der Waals surface area contributed by atoms with Gasteiger partial charge in [0.2, 0.25) is 0 Å². The van der Waals surface area contributed by atoms with Crippen LogP contribution in [0.2, 0.25) is 0 Å². The van der Waals surface area contributed by atoms with Gasteiger partial charge >= 0.3 is 0 Å². The Hall–Kier alpha value is -3.06. The van der Waals surface area contributed by atoms with E-state index in [0.717, 1.165) is 11.2 Å². The molecule has 5 aromatic rings. The molecule has 5 rings (SSSR count). The molecule has 0 fully saturated rings. The Morgan fingerprint density at radius 3 is 2.04 bits per heavy atom. The predicted octanol–water partition coefficient (Wildman–Crippen LogP) is 7.02. The first-order valence-corrected chi connectivity index (χ1v) is 8.63. The lowest BCUT2D eigenvalue weighted by molar-refractivity contribution is 0.670. The van der Waals surface area contributed by atoms with Crippen LogP contribution in [-0.4, -0.2) is 0 Å².